The monoisotopic (exact) mass is 333 g/mol. The number of hydrogen-bond donors (Lipinski definition) is 0. The molecule has 1 saturated carbocycles. The predicted molar refractivity (Wildman–Crippen MR) is 86.2 cm³/mol. The van der Waals surface area contributed by atoms with Crippen molar-refractivity contribution in [1.29, 1.82) is 0 Å². The summed E-state index contributed by atoms with van der Waals surface area (Å²) in [5.41, 5.74) is 0.951. The van der Waals surface area contributed by atoms with Crippen LogP contribution in [0.2, 0.25) is 0 Å². The maximum Gasteiger partial charge on any atom is 0.231 e. The predicted octanol–water partition coefficient (Wildman–Crippen LogP) is 1.75. The molecule has 1 aromatic carbocycles. The lowest BCUT2D eigenvalue weighted by Crippen LogP contribution is -2.54. The van der Waals surface area contributed by atoms with Crippen molar-refractivity contribution >= 4 is 5.91 Å². The molecule has 0 unspecified atom stereocenters. The normalized spacial score (nSPS) is 28.0. The highest BCUT2D eigenvalue weighted by molar-refractivity contribution is 5.79. The van der Waals surface area contributed by atoms with Crippen LogP contribution in [0, 0.1) is 0 Å². The molecule has 0 spiro atoms. The number of amides is 1. The standard InChI is InChI=1S/C18H23NO5/c1-2-21-15-6-4-13-18(15)22-8-7-19(13)17(20)10-12-3-5-14-16(9-12)24-11-23-14/h3,5,9,13,15,18H,2,4,6-8,10-11H2,1H3/t13-,15-,18+/m1/s1. The summed E-state index contributed by atoms with van der Waals surface area (Å²) >= 11 is 0. The van der Waals surface area contributed by atoms with Crippen molar-refractivity contribution in [3.63, 3.8) is 0 Å². The van der Waals surface area contributed by atoms with Crippen molar-refractivity contribution in [2.75, 3.05) is 26.6 Å². The Labute approximate surface area is 141 Å². The Morgan fingerprint density at radius 2 is 2.17 bits per heavy atom. The van der Waals surface area contributed by atoms with E-state index in [9.17, 15) is 4.79 Å². The van der Waals surface area contributed by atoms with Crippen molar-refractivity contribution in [3.05, 3.63) is 23.8 Å². The fourth-order valence-electron chi connectivity index (χ4n) is 3.94. The van der Waals surface area contributed by atoms with Crippen LogP contribution in [0.25, 0.3) is 0 Å². The van der Waals surface area contributed by atoms with Gasteiger partial charge >= 0.3 is 0 Å². The molecule has 2 heterocycles. The second-order valence-corrected chi connectivity index (χ2v) is 6.43. The second kappa shape index (κ2) is 6.61. The number of ether oxygens (including phenoxy) is 4. The molecular formula is C18H23NO5. The van der Waals surface area contributed by atoms with Gasteiger partial charge in [-0.2, -0.15) is 0 Å². The molecule has 6 heteroatoms. The Morgan fingerprint density at radius 3 is 3.04 bits per heavy atom. The fraction of sp³-hybridized carbons (Fsp3) is 0.611. The third-order valence-corrected chi connectivity index (χ3v) is 5.03. The van der Waals surface area contributed by atoms with Gasteiger partial charge in [0.1, 0.15) is 6.10 Å². The molecule has 1 saturated heterocycles. The zero-order valence-corrected chi connectivity index (χ0v) is 13.9. The Hall–Kier alpha value is -1.79. The van der Waals surface area contributed by atoms with Crippen LogP contribution in [0.5, 0.6) is 11.5 Å². The number of hydrogen-bond acceptors (Lipinski definition) is 5. The van der Waals surface area contributed by atoms with Crippen LogP contribution in [-0.2, 0) is 20.7 Å². The Morgan fingerprint density at radius 1 is 1.29 bits per heavy atom. The summed E-state index contributed by atoms with van der Waals surface area (Å²) < 4.78 is 22.4. The number of rotatable bonds is 4. The number of benzene rings is 1. The van der Waals surface area contributed by atoms with Crippen molar-refractivity contribution < 1.29 is 23.7 Å². The van der Waals surface area contributed by atoms with Crippen molar-refractivity contribution in [2.24, 2.45) is 0 Å². The summed E-state index contributed by atoms with van der Waals surface area (Å²) in [7, 11) is 0. The molecule has 3 aliphatic rings. The summed E-state index contributed by atoms with van der Waals surface area (Å²) in [6.07, 6.45) is 2.40. The summed E-state index contributed by atoms with van der Waals surface area (Å²) in [5, 5.41) is 0. The third-order valence-electron chi connectivity index (χ3n) is 5.03. The van der Waals surface area contributed by atoms with E-state index in [-0.39, 0.29) is 30.9 Å². The van der Waals surface area contributed by atoms with Crippen LogP contribution in [0.1, 0.15) is 25.3 Å². The van der Waals surface area contributed by atoms with Gasteiger partial charge in [-0.25, -0.2) is 0 Å². The van der Waals surface area contributed by atoms with Gasteiger partial charge in [-0.05, 0) is 37.5 Å². The zero-order valence-electron chi connectivity index (χ0n) is 13.9. The number of carbonyl (C=O) groups excluding carboxylic acids is 1. The largest absolute Gasteiger partial charge is 0.454 e. The van der Waals surface area contributed by atoms with Crippen LogP contribution in [0.15, 0.2) is 18.2 Å². The van der Waals surface area contributed by atoms with Crippen LogP contribution < -0.4 is 9.47 Å². The van der Waals surface area contributed by atoms with Gasteiger partial charge in [-0.1, -0.05) is 6.07 Å². The van der Waals surface area contributed by atoms with Crippen LogP contribution in [0.4, 0.5) is 0 Å². The van der Waals surface area contributed by atoms with Gasteiger partial charge in [0, 0.05) is 13.2 Å². The Balaban J connectivity index is 1.44. The highest BCUT2D eigenvalue weighted by atomic mass is 16.7. The molecule has 0 aromatic heterocycles. The average molecular weight is 333 g/mol. The van der Waals surface area contributed by atoms with Gasteiger partial charge < -0.3 is 23.8 Å². The third kappa shape index (κ3) is 2.84. The molecule has 24 heavy (non-hydrogen) atoms. The molecular weight excluding hydrogens is 310 g/mol. The first kappa shape index (κ1) is 15.7. The van der Waals surface area contributed by atoms with Crippen LogP contribution in [-0.4, -0.2) is 55.6 Å². The van der Waals surface area contributed by atoms with Gasteiger partial charge in [0.05, 0.1) is 25.2 Å². The summed E-state index contributed by atoms with van der Waals surface area (Å²) in [6.45, 7) is 4.17. The lowest BCUT2D eigenvalue weighted by molar-refractivity contribution is -0.150. The molecule has 6 nitrogen and oxygen atoms in total. The first-order chi connectivity index (χ1) is 11.8. The molecule has 1 aliphatic carbocycles. The van der Waals surface area contributed by atoms with E-state index in [1.165, 1.54) is 0 Å². The van der Waals surface area contributed by atoms with E-state index >= 15 is 0 Å². The summed E-state index contributed by atoms with van der Waals surface area (Å²) in [5.74, 6) is 1.61. The Kier molecular flexibility index (Phi) is 4.33. The molecule has 4 rings (SSSR count). The van der Waals surface area contributed by atoms with E-state index in [1.807, 2.05) is 30.0 Å². The van der Waals surface area contributed by atoms with E-state index in [1.54, 1.807) is 0 Å². The van der Waals surface area contributed by atoms with Gasteiger partial charge in [-0.3, -0.25) is 4.79 Å². The fourth-order valence-corrected chi connectivity index (χ4v) is 3.94. The lowest BCUT2D eigenvalue weighted by Gasteiger charge is -2.39. The minimum atomic E-state index is 0.0133. The van der Waals surface area contributed by atoms with E-state index in [4.69, 9.17) is 18.9 Å². The Bertz CT molecular complexity index is 619. The minimum absolute atomic E-state index is 0.0133. The van der Waals surface area contributed by atoms with Crippen LogP contribution in [0.3, 0.4) is 0 Å². The molecule has 1 amide bonds. The van der Waals surface area contributed by atoms with Gasteiger partial charge in [-0.15, -0.1) is 0 Å². The number of carbonyl (C=O) groups is 1. The first-order valence-corrected chi connectivity index (χ1v) is 8.67. The number of fused-ring (bicyclic) bond motifs is 2. The zero-order chi connectivity index (χ0) is 16.5. The first-order valence-electron chi connectivity index (χ1n) is 8.67. The van der Waals surface area contributed by atoms with E-state index < -0.39 is 0 Å². The lowest BCUT2D eigenvalue weighted by atomic mass is 10.1. The molecule has 0 radical (unpaired) electrons. The smallest absolute Gasteiger partial charge is 0.231 e. The maximum absolute atomic E-state index is 12.8. The quantitative estimate of drug-likeness (QED) is 0.840. The molecule has 2 aliphatic heterocycles. The summed E-state index contributed by atoms with van der Waals surface area (Å²) in [6, 6.07) is 5.83. The SMILES string of the molecule is CCO[C@@H]1CC[C@@H]2[C@@H]1OCCN2C(=O)Cc1ccc2c(c1)OCO2. The van der Waals surface area contributed by atoms with E-state index in [2.05, 4.69) is 0 Å². The highest BCUT2D eigenvalue weighted by Crippen LogP contribution is 2.34. The second-order valence-electron chi connectivity index (χ2n) is 6.43. The van der Waals surface area contributed by atoms with Gasteiger partial charge in [0.25, 0.3) is 0 Å². The molecule has 130 valence electrons. The van der Waals surface area contributed by atoms with Gasteiger partial charge in [0.15, 0.2) is 11.5 Å². The average Bonchev–Trinajstić information content (AvgIpc) is 3.21. The summed E-state index contributed by atoms with van der Waals surface area (Å²) in [4.78, 5) is 14.8. The van der Waals surface area contributed by atoms with Crippen molar-refractivity contribution in [1.82, 2.24) is 4.90 Å². The van der Waals surface area contributed by atoms with Crippen LogP contribution >= 0.6 is 0 Å². The molecule has 0 bridgehead atoms. The highest BCUT2D eigenvalue weighted by Gasteiger charge is 2.44. The number of nitrogens with zero attached hydrogens (tertiary/aromatic N) is 1. The topological polar surface area (TPSA) is 57.2 Å². The van der Waals surface area contributed by atoms with E-state index in [0.717, 1.165) is 29.9 Å². The van der Waals surface area contributed by atoms with Gasteiger partial charge in [0.2, 0.25) is 12.7 Å². The molecule has 3 atom stereocenters. The molecule has 0 N–H and O–H groups in total. The van der Waals surface area contributed by atoms with Crippen molar-refractivity contribution in [3.8, 4) is 11.5 Å². The maximum atomic E-state index is 12.8. The van der Waals surface area contributed by atoms with Crippen molar-refractivity contribution in [2.45, 2.75) is 44.4 Å². The molecule has 1 aromatic rings. The number of morpholine rings is 1. The molecule has 2 fully saturated rings. The minimum Gasteiger partial charge on any atom is -0.454 e. The van der Waals surface area contributed by atoms with E-state index in [0.29, 0.717) is 26.2 Å².